The van der Waals surface area contributed by atoms with Crippen molar-refractivity contribution in [3.05, 3.63) is 154 Å². The van der Waals surface area contributed by atoms with Gasteiger partial charge in [0.15, 0.2) is 17.7 Å². The number of rotatable bonds is 19. The third-order valence-electron chi connectivity index (χ3n) is 18.3. The minimum atomic E-state index is -3.07. The molecule has 8 aliphatic rings. The number of benzene rings is 3. The zero-order valence-corrected chi connectivity index (χ0v) is 57.6. The lowest BCUT2D eigenvalue weighted by Crippen LogP contribution is -2.66. The highest BCUT2D eigenvalue weighted by Gasteiger charge is 2.70. The van der Waals surface area contributed by atoms with Gasteiger partial charge >= 0.3 is 40.2 Å². The van der Waals surface area contributed by atoms with Gasteiger partial charge in [-0.1, -0.05) is 190 Å². The Hall–Kier alpha value is -4.10. The molecule has 6 heterocycles. The van der Waals surface area contributed by atoms with Crippen LogP contribution in [0.5, 0.6) is 0 Å². The van der Waals surface area contributed by atoms with Crippen LogP contribution in [0.1, 0.15) is 145 Å². The van der Waals surface area contributed by atoms with Crippen LogP contribution in [0.25, 0.3) is 9.69 Å². The first kappa shape index (κ1) is 67.8. The lowest BCUT2D eigenvalue weighted by Gasteiger charge is -2.48. The molecule has 86 heavy (non-hydrogen) atoms. The Bertz CT molecular complexity index is 2880. The monoisotopic (exact) mass is 1250 g/mol. The topological polar surface area (TPSA) is 175 Å². The molecule has 3 aromatic carbocycles. The predicted molar refractivity (Wildman–Crippen MR) is 337 cm³/mol. The van der Waals surface area contributed by atoms with Crippen LogP contribution in [0.3, 0.4) is 0 Å². The normalized spacial score (nSPS) is 29.7. The van der Waals surface area contributed by atoms with Crippen LogP contribution >= 0.6 is 0 Å². The van der Waals surface area contributed by atoms with Crippen molar-refractivity contribution in [2.45, 2.75) is 241 Å². The Kier molecular flexibility index (Phi) is 21.7. The molecule has 0 spiro atoms. The van der Waals surface area contributed by atoms with Crippen molar-refractivity contribution in [2.75, 3.05) is 7.05 Å². The van der Waals surface area contributed by atoms with E-state index in [4.69, 9.17) is 63.1 Å². The molecule has 3 aromatic rings. The number of nitrogens with one attached hydrogen (secondary N) is 2. The summed E-state index contributed by atoms with van der Waals surface area (Å²) in [6, 6.07) is 28.5. The molecule has 0 radical (unpaired) electrons. The first-order valence-corrected chi connectivity index (χ1v) is 38.8. The molecule has 6 aliphatic heterocycles. The Balaban J connectivity index is 0.000000230. The molecule has 0 saturated carbocycles. The second kappa shape index (κ2) is 27.6. The molecule has 0 aromatic heterocycles. The fraction of sp³-hybridized carbons (Fsp3) is 0.609. The summed E-state index contributed by atoms with van der Waals surface area (Å²) in [5.41, 5.74) is 8.35. The molecule has 2 aliphatic carbocycles. The van der Waals surface area contributed by atoms with E-state index in [1.165, 1.54) is 5.06 Å². The average molecular weight is 1250 g/mol. The zero-order chi connectivity index (χ0) is 62.7. The van der Waals surface area contributed by atoms with Crippen LogP contribution in [0.4, 0.5) is 0 Å². The number of hydrogen-bond donors (Lipinski definition) is 3. The van der Waals surface area contributed by atoms with Gasteiger partial charge in [-0.25, -0.2) is 14.5 Å². The summed E-state index contributed by atoms with van der Waals surface area (Å²) in [5.74, 6) is -0.508. The van der Waals surface area contributed by atoms with Gasteiger partial charge in [0.2, 0.25) is 0 Å². The van der Waals surface area contributed by atoms with Gasteiger partial charge in [0.05, 0.1) is 56.3 Å². The van der Waals surface area contributed by atoms with Crippen LogP contribution < -0.4 is 11.0 Å². The molecule has 11 rings (SSSR count). The molecule has 4 fully saturated rings. The molecule has 18 nitrogen and oxygen atoms in total. The van der Waals surface area contributed by atoms with Crippen LogP contribution in [0, 0.1) is 13.1 Å². The van der Waals surface area contributed by atoms with Crippen molar-refractivity contribution in [1.82, 2.24) is 16.0 Å². The average Bonchev–Trinajstić information content (AvgIpc) is 1.65. The van der Waals surface area contributed by atoms with Crippen molar-refractivity contribution in [1.29, 1.82) is 0 Å². The van der Waals surface area contributed by atoms with Crippen molar-refractivity contribution in [2.24, 2.45) is 0 Å². The molecule has 4 saturated heterocycles. The number of hydrogen-bond acceptors (Lipinski definition) is 16. The molecular weight excluding hydrogens is 1160 g/mol. The van der Waals surface area contributed by atoms with E-state index in [9.17, 15) is 9.90 Å². The number of hydroxylamine groups is 4. The molecule has 0 amide bonds. The summed E-state index contributed by atoms with van der Waals surface area (Å²) in [7, 11) is -10.2. The minimum absolute atomic E-state index is 0.0832. The van der Waals surface area contributed by atoms with Crippen LogP contribution in [-0.2, 0) is 63.1 Å². The zero-order valence-electron chi connectivity index (χ0n) is 53.6. The summed E-state index contributed by atoms with van der Waals surface area (Å²) in [5, 5.41) is 12.4. The summed E-state index contributed by atoms with van der Waals surface area (Å²) in [6.07, 6.45) is -1.83. The summed E-state index contributed by atoms with van der Waals surface area (Å²) < 4.78 is 57.1. The molecule has 22 heteroatoms. The van der Waals surface area contributed by atoms with E-state index >= 15 is 0 Å². The third kappa shape index (κ3) is 13.0. The molecule has 3 N–H and O–H groups in total. The van der Waals surface area contributed by atoms with Gasteiger partial charge in [-0.15, -0.1) is 5.06 Å². The van der Waals surface area contributed by atoms with Gasteiger partial charge in [-0.3, -0.25) is 9.68 Å². The summed E-state index contributed by atoms with van der Waals surface area (Å²) in [6.45, 7) is 51.9. The van der Waals surface area contributed by atoms with E-state index in [-0.39, 0.29) is 70.4 Å². The number of aliphatic hydroxyl groups is 1. The first-order chi connectivity index (χ1) is 40.7. The highest BCUT2D eigenvalue weighted by atomic mass is 28.5. The van der Waals surface area contributed by atoms with E-state index < -0.39 is 100 Å². The maximum Gasteiger partial charge on any atom is 0.357 e. The van der Waals surface area contributed by atoms with Crippen molar-refractivity contribution < 1.29 is 59.8 Å². The Labute approximate surface area is 516 Å². The first-order valence-electron chi connectivity index (χ1n) is 30.9. The number of carbonyl (C=O) groups is 1. The number of aliphatic hydroxyl groups excluding tert-OH is 1. The van der Waals surface area contributed by atoms with Crippen molar-refractivity contribution in [3.8, 4) is 0 Å². The Morgan fingerprint density at radius 3 is 1.28 bits per heavy atom. The number of carbonyl (C=O) groups excluding carboxylic acids is 1. The molecule has 10 atom stereocenters. The van der Waals surface area contributed by atoms with Crippen LogP contribution in [0.15, 0.2) is 115 Å². The maximum atomic E-state index is 13.2. The third-order valence-corrected chi connectivity index (χ3v) is 38.8. The van der Waals surface area contributed by atoms with Crippen molar-refractivity contribution in [3.63, 3.8) is 0 Å². The maximum absolute atomic E-state index is 13.2. The SMILES string of the molecule is [C-]#[N+]C1=CC2O[C@@H](N(C)OC(=O)c3ccccc3)C[C@]1(NOCc1ccccc1)C1O[Si](C(C)C)(C(C)C)O[Si](C(C)C)(C(C)C)O[C@H]21.[C-]#[N+]C1=CC2O[C@@H](O)C[C@]1(NOCc1ccccc1)C1O[Si](C(C)C)(C(C)C)O[Si](C(C)C)(C(C)C)O[C@H]21. The van der Waals surface area contributed by atoms with E-state index in [0.717, 1.165) is 11.1 Å². The molecule has 4 bridgehead atoms. The fourth-order valence-corrected chi connectivity index (χ4v) is 36.3. The Morgan fingerprint density at radius 2 is 0.907 bits per heavy atom. The number of ether oxygens (including phenoxy) is 2. The largest absolute Gasteiger partial charge is 0.414 e. The highest BCUT2D eigenvalue weighted by molar-refractivity contribution is 6.85. The number of fused-ring (bicyclic) bond motifs is 4. The Morgan fingerprint density at radius 1 is 0.558 bits per heavy atom. The highest BCUT2D eigenvalue weighted by Crippen LogP contribution is 2.56. The minimum Gasteiger partial charge on any atom is -0.414 e. The molecule has 470 valence electrons. The standard InChI is InChI=1S/C36H51N3O7Si2.C28H44N2O6Si2/c1-24(2)47(25(3)4)44-33-30-21-31(37-9)36(38-41-23-28-17-13-11-14-18-28,34(33)45-48(46-47,26(5)6)27(7)8)22-32(42-30)39(10)43-35(40)29-19-15-12-16-20-29;1-18(2)37(19(3)4)34-26-23-15-24(29-9)28(16-25(31)33-23,30-32-17-22-13-11-10-12-14-22)27(26)35-38(36-37,20(5)6)21(7)8/h11-21,24-27,30,32-34,38H,22-23H2,1-8,10H3;10-15,18-21,23,25-27,30-31H,16-17H2,1-8H3/t30?,32-,33-,34?,36-;23?,25-,26-,27?,28-/m11/s1. The van der Waals surface area contributed by atoms with Gasteiger partial charge in [-0.2, -0.15) is 11.0 Å². The van der Waals surface area contributed by atoms with Gasteiger partial charge in [0.1, 0.15) is 29.5 Å². The van der Waals surface area contributed by atoms with Crippen molar-refractivity contribution >= 4 is 40.2 Å². The van der Waals surface area contributed by atoms with Gasteiger partial charge < -0.3 is 45.4 Å². The van der Waals surface area contributed by atoms with Gasteiger partial charge in [-0.05, 0) is 79.7 Å². The second-order valence-corrected chi connectivity index (χ2v) is 44.0. The van der Waals surface area contributed by atoms with Crippen LogP contribution in [0.2, 0.25) is 44.3 Å². The second-order valence-electron chi connectivity index (χ2n) is 26.4. The van der Waals surface area contributed by atoms with Gasteiger partial charge in [0, 0.05) is 19.9 Å². The van der Waals surface area contributed by atoms with E-state index in [1.54, 1.807) is 37.4 Å². The quantitative estimate of drug-likeness (QED) is 0.0587. The predicted octanol–water partition coefficient (Wildman–Crippen LogP) is 13.1. The van der Waals surface area contributed by atoms with Crippen LogP contribution in [-0.4, -0.2) is 118 Å². The summed E-state index contributed by atoms with van der Waals surface area (Å²) in [4.78, 5) is 39.4. The fourth-order valence-electron chi connectivity index (χ4n) is 13.6. The summed E-state index contributed by atoms with van der Waals surface area (Å²) >= 11 is 0. The smallest absolute Gasteiger partial charge is 0.357 e. The lowest BCUT2D eigenvalue weighted by molar-refractivity contribution is -0.217. The lowest BCUT2D eigenvalue weighted by atomic mass is 9.78. The van der Waals surface area contributed by atoms with E-state index in [2.05, 4.69) is 131 Å². The molecular formula is C64H95N5O13Si4. The van der Waals surface area contributed by atoms with E-state index in [0.29, 0.717) is 17.0 Å². The molecule has 4 unspecified atom stereocenters. The van der Waals surface area contributed by atoms with Gasteiger partial charge in [0.25, 0.3) is 0 Å². The van der Waals surface area contributed by atoms with E-state index in [1.807, 2.05) is 72.8 Å². The number of nitrogens with zero attached hydrogens (tertiary/aromatic N) is 3.